The number of carbonyl (C=O) groups is 1. The molecule has 0 radical (unpaired) electrons. The molecule has 1 rings (SSSR count). The summed E-state index contributed by atoms with van der Waals surface area (Å²) in [5.74, 6) is 0. The Kier molecular flexibility index (Phi) is 4.02. The predicted octanol–water partition coefficient (Wildman–Crippen LogP) is 2.47. The second-order valence-electron chi connectivity index (χ2n) is 2.80. The third kappa shape index (κ3) is 2.90. The highest BCUT2D eigenvalue weighted by atomic mass is 35.5. The molecule has 0 aliphatic heterocycles. The molecular formula is C11H11ClN2O. The molecule has 2 amide bonds. The van der Waals surface area contributed by atoms with Crippen LogP contribution in [0.25, 0.3) is 0 Å². The normalized spacial score (nSPS) is 9.13. The first kappa shape index (κ1) is 11.4. The molecular weight excluding hydrogens is 212 g/mol. The fourth-order valence-corrected chi connectivity index (χ4v) is 1.32. The fourth-order valence-electron chi connectivity index (χ4n) is 1.19. The van der Waals surface area contributed by atoms with Crippen molar-refractivity contribution in [1.82, 2.24) is 5.32 Å². The summed E-state index contributed by atoms with van der Waals surface area (Å²) in [6.45, 7) is 2.40. The number of halogens is 1. The topological polar surface area (TPSA) is 32.3 Å². The molecule has 0 aromatic heterocycles. The molecule has 0 atom stereocenters. The Balaban J connectivity index is 2.88. The molecule has 1 aromatic rings. The maximum Gasteiger partial charge on any atom is 0.333 e. The van der Waals surface area contributed by atoms with Gasteiger partial charge in [-0.25, -0.2) is 4.79 Å². The van der Waals surface area contributed by atoms with Crippen LogP contribution in [0.2, 0.25) is 5.02 Å². The maximum absolute atomic E-state index is 11.5. The summed E-state index contributed by atoms with van der Waals surface area (Å²) in [6, 6.07) is 8.76. The van der Waals surface area contributed by atoms with Crippen LogP contribution in [0.1, 0.15) is 6.92 Å². The minimum Gasteiger partial charge on any atom is -0.294 e. The van der Waals surface area contributed by atoms with E-state index in [0.717, 1.165) is 5.69 Å². The third-order valence-electron chi connectivity index (χ3n) is 1.88. The van der Waals surface area contributed by atoms with Gasteiger partial charge in [0.15, 0.2) is 0 Å². The van der Waals surface area contributed by atoms with Crippen LogP contribution < -0.4 is 10.2 Å². The minimum absolute atomic E-state index is 0.317. The van der Waals surface area contributed by atoms with Gasteiger partial charge in [-0.3, -0.25) is 10.2 Å². The van der Waals surface area contributed by atoms with Crippen molar-refractivity contribution in [1.29, 1.82) is 0 Å². The molecule has 0 fully saturated rings. The Morgan fingerprint density at radius 3 is 2.60 bits per heavy atom. The van der Waals surface area contributed by atoms with E-state index in [4.69, 9.17) is 18.0 Å². The molecule has 0 bridgehead atoms. The number of urea groups is 1. The summed E-state index contributed by atoms with van der Waals surface area (Å²) in [7, 11) is 0. The van der Waals surface area contributed by atoms with Gasteiger partial charge in [-0.15, -0.1) is 0 Å². The largest absolute Gasteiger partial charge is 0.333 e. The predicted molar refractivity (Wildman–Crippen MR) is 61.8 cm³/mol. The Hall–Kier alpha value is -1.66. The van der Waals surface area contributed by atoms with E-state index in [0.29, 0.717) is 11.6 Å². The minimum atomic E-state index is -0.317. The van der Waals surface area contributed by atoms with Gasteiger partial charge in [-0.1, -0.05) is 18.0 Å². The number of benzene rings is 1. The molecule has 0 aliphatic rings. The first-order valence-corrected chi connectivity index (χ1v) is 4.85. The summed E-state index contributed by atoms with van der Waals surface area (Å²) < 4.78 is 0. The molecule has 3 nitrogen and oxygen atoms in total. The van der Waals surface area contributed by atoms with Crippen LogP contribution in [0, 0.1) is 12.5 Å². The van der Waals surface area contributed by atoms with E-state index in [-0.39, 0.29) is 6.03 Å². The Morgan fingerprint density at radius 2 is 2.13 bits per heavy atom. The molecule has 4 heteroatoms. The molecule has 0 heterocycles. The molecule has 0 unspecified atom stereocenters. The molecule has 0 aliphatic carbocycles. The number of carbonyl (C=O) groups excluding carboxylic acids is 1. The van der Waals surface area contributed by atoms with Crippen LogP contribution in [0.4, 0.5) is 10.5 Å². The van der Waals surface area contributed by atoms with Crippen molar-refractivity contribution >= 4 is 23.3 Å². The average Bonchev–Trinajstić information content (AvgIpc) is 2.22. The van der Waals surface area contributed by atoms with E-state index in [1.54, 1.807) is 24.3 Å². The number of rotatable bonds is 2. The van der Waals surface area contributed by atoms with Crippen molar-refractivity contribution in [2.24, 2.45) is 0 Å². The fraction of sp³-hybridized carbons (Fsp3) is 0.182. The first-order valence-electron chi connectivity index (χ1n) is 4.47. The zero-order valence-corrected chi connectivity index (χ0v) is 9.08. The third-order valence-corrected chi connectivity index (χ3v) is 2.13. The van der Waals surface area contributed by atoms with Crippen molar-refractivity contribution in [3.8, 4) is 12.5 Å². The number of hydrogen-bond donors (Lipinski definition) is 1. The first-order chi connectivity index (χ1) is 7.19. The van der Waals surface area contributed by atoms with E-state index in [1.807, 2.05) is 6.92 Å². The van der Waals surface area contributed by atoms with Crippen LogP contribution in [0.15, 0.2) is 24.3 Å². The smallest absolute Gasteiger partial charge is 0.294 e. The SMILES string of the molecule is C#CNC(=O)N(CC)c1ccc(Cl)cc1. The van der Waals surface area contributed by atoms with Crippen molar-refractivity contribution in [3.63, 3.8) is 0 Å². The summed E-state index contributed by atoms with van der Waals surface area (Å²) >= 11 is 5.75. The van der Waals surface area contributed by atoms with E-state index in [9.17, 15) is 4.79 Å². The number of terminal acetylenes is 1. The molecule has 1 N–H and O–H groups in total. The second kappa shape index (κ2) is 5.28. The van der Waals surface area contributed by atoms with Gasteiger partial charge in [0.25, 0.3) is 0 Å². The molecule has 78 valence electrons. The lowest BCUT2D eigenvalue weighted by atomic mass is 10.3. The highest BCUT2D eigenvalue weighted by molar-refractivity contribution is 6.30. The van der Waals surface area contributed by atoms with Gasteiger partial charge in [-0.2, -0.15) is 0 Å². The number of nitrogens with one attached hydrogen (secondary N) is 1. The zero-order valence-electron chi connectivity index (χ0n) is 8.33. The zero-order chi connectivity index (χ0) is 11.3. The summed E-state index contributed by atoms with van der Waals surface area (Å²) in [5.41, 5.74) is 0.759. The van der Waals surface area contributed by atoms with Crippen molar-refractivity contribution in [2.75, 3.05) is 11.4 Å². The van der Waals surface area contributed by atoms with Gasteiger partial charge in [0.2, 0.25) is 0 Å². The molecule has 15 heavy (non-hydrogen) atoms. The van der Waals surface area contributed by atoms with Crippen molar-refractivity contribution < 1.29 is 4.79 Å². The van der Waals surface area contributed by atoms with Crippen LogP contribution >= 0.6 is 11.6 Å². The van der Waals surface area contributed by atoms with Gasteiger partial charge in [0, 0.05) is 23.3 Å². The van der Waals surface area contributed by atoms with Crippen molar-refractivity contribution in [3.05, 3.63) is 29.3 Å². The van der Waals surface area contributed by atoms with E-state index in [1.165, 1.54) is 4.90 Å². The van der Waals surface area contributed by atoms with Crippen LogP contribution in [-0.2, 0) is 0 Å². The quantitative estimate of drug-likeness (QED) is 0.605. The Bertz CT molecular complexity index is 381. The average molecular weight is 223 g/mol. The molecule has 0 saturated carbocycles. The second-order valence-corrected chi connectivity index (χ2v) is 3.23. The van der Waals surface area contributed by atoms with E-state index < -0.39 is 0 Å². The standard InChI is InChI=1S/C11H11ClN2O/c1-3-13-11(15)14(4-2)10-7-5-9(12)6-8-10/h1,5-8H,4H2,2H3,(H,13,15). The van der Waals surface area contributed by atoms with Gasteiger partial charge in [-0.05, 0) is 31.2 Å². The number of anilines is 1. The summed E-state index contributed by atoms with van der Waals surface area (Å²) in [4.78, 5) is 13.0. The van der Waals surface area contributed by atoms with Gasteiger partial charge in [0.05, 0.1) is 0 Å². The van der Waals surface area contributed by atoms with Crippen LogP contribution in [0.3, 0.4) is 0 Å². The molecule has 1 aromatic carbocycles. The van der Waals surface area contributed by atoms with E-state index >= 15 is 0 Å². The maximum atomic E-state index is 11.5. The lowest BCUT2D eigenvalue weighted by Gasteiger charge is -2.19. The number of hydrogen-bond acceptors (Lipinski definition) is 1. The molecule has 0 saturated heterocycles. The van der Waals surface area contributed by atoms with Gasteiger partial charge in [0.1, 0.15) is 0 Å². The van der Waals surface area contributed by atoms with E-state index in [2.05, 4.69) is 11.4 Å². The lowest BCUT2D eigenvalue weighted by Crippen LogP contribution is -2.37. The summed E-state index contributed by atoms with van der Waals surface area (Å²) in [6.07, 6.45) is 4.99. The number of amides is 2. The van der Waals surface area contributed by atoms with Crippen LogP contribution in [0.5, 0.6) is 0 Å². The highest BCUT2D eigenvalue weighted by Gasteiger charge is 2.11. The monoisotopic (exact) mass is 222 g/mol. The lowest BCUT2D eigenvalue weighted by molar-refractivity contribution is 0.250. The summed E-state index contributed by atoms with van der Waals surface area (Å²) in [5, 5.41) is 2.92. The van der Waals surface area contributed by atoms with Crippen LogP contribution in [-0.4, -0.2) is 12.6 Å². The van der Waals surface area contributed by atoms with Crippen molar-refractivity contribution in [2.45, 2.75) is 6.92 Å². The van der Waals surface area contributed by atoms with Gasteiger partial charge >= 0.3 is 6.03 Å². The van der Waals surface area contributed by atoms with Gasteiger partial charge < -0.3 is 0 Å². The number of nitrogens with zero attached hydrogens (tertiary/aromatic N) is 1. The Labute approximate surface area is 94.0 Å². The highest BCUT2D eigenvalue weighted by Crippen LogP contribution is 2.17. The molecule has 0 spiro atoms. The Morgan fingerprint density at radius 1 is 1.53 bits per heavy atom.